The van der Waals surface area contributed by atoms with E-state index in [9.17, 15) is 14.7 Å². The molecule has 0 radical (unpaired) electrons. The zero-order chi connectivity index (χ0) is 20.7. The van der Waals surface area contributed by atoms with E-state index in [2.05, 4.69) is 17.2 Å². The quantitative estimate of drug-likeness (QED) is 0.722. The van der Waals surface area contributed by atoms with Crippen LogP contribution in [-0.4, -0.2) is 27.9 Å². The summed E-state index contributed by atoms with van der Waals surface area (Å²) in [4.78, 5) is 30.7. The van der Waals surface area contributed by atoms with Crippen molar-refractivity contribution in [2.24, 2.45) is 17.6 Å². The van der Waals surface area contributed by atoms with Crippen molar-refractivity contribution < 1.29 is 14.7 Å². The number of amides is 2. The number of benzene rings is 1. The van der Waals surface area contributed by atoms with Crippen LogP contribution < -0.4 is 16.0 Å². The van der Waals surface area contributed by atoms with Crippen LogP contribution in [0.25, 0.3) is 0 Å². The molecule has 1 saturated carbocycles. The first-order valence-electron chi connectivity index (χ1n) is 9.97. The molecular formula is C22H26N4O3. The molecule has 0 saturated heterocycles. The summed E-state index contributed by atoms with van der Waals surface area (Å²) >= 11 is 0. The van der Waals surface area contributed by atoms with E-state index in [1.165, 1.54) is 0 Å². The molecule has 2 amide bonds. The molecule has 0 bridgehead atoms. The molecule has 1 fully saturated rings. The fourth-order valence-corrected chi connectivity index (χ4v) is 4.53. The largest absolute Gasteiger partial charge is 0.390 e. The normalized spacial score (nSPS) is 23.4. The van der Waals surface area contributed by atoms with E-state index in [1.54, 1.807) is 25.1 Å². The first kappa shape index (κ1) is 19.4. The van der Waals surface area contributed by atoms with E-state index >= 15 is 0 Å². The minimum Gasteiger partial charge on any atom is -0.390 e. The van der Waals surface area contributed by atoms with Crippen LogP contribution >= 0.6 is 0 Å². The topological polar surface area (TPSA) is 109 Å². The molecule has 0 unspecified atom stereocenters. The zero-order valence-corrected chi connectivity index (χ0v) is 16.6. The van der Waals surface area contributed by atoms with Gasteiger partial charge in [0.1, 0.15) is 5.82 Å². The number of fused-ring (bicyclic) bond motifs is 1. The number of primary amides is 1. The maximum absolute atomic E-state index is 12.6. The molecule has 4 rings (SSSR count). The van der Waals surface area contributed by atoms with Crippen molar-refractivity contribution >= 4 is 23.3 Å². The summed E-state index contributed by atoms with van der Waals surface area (Å²) in [6.07, 6.45) is 2.22. The van der Waals surface area contributed by atoms with Gasteiger partial charge in [-0.2, -0.15) is 0 Å². The summed E-state index contributed by atoms with van der Waals surface area (Å²) in [5.41, 5.74) is 8.18. The molecule has 1 aliphatic heterocycles. The Kier molecular flexibility index (Phi) is 5.00. The highest BCUT2D eigenvalue weighted by molar-refractivity contribution is 5.97. The lowest BCUT2D eigenvalue weighted by molar-refractivity contribution is -0.117. The summed E-state index contributed by atoms with van der Waals surface area (Å²) < 4.78 is 0. The summed E-state index contributed by atoms with van der Waals surface area (Å²) in [6.45, 7) is 3.58. The minimum atomic E-state index is -0.502. The third-order valence-electron chi connectivity index (χ3n) is 5.99. The minimum absolute atomic E-state index is 0.000628. The van der Waals surface area contributed by atoms with E-state index in [0.29, 0.717) is 23.0 Å². The predicted molar refractivity (Wildman–Crippen MR) is 110 cm³/mol. The van der Waals surface area contributed by atoms with Gasteiger partial charge in [0.25, 0.3) is 0 Å². The van der Waals surface area contributed by atoms with Crippen LogP contribution in [0.1, 0.15) is 54.3 Å². The molecular weight excluding hydrogens is 368 g/mol. The van der Waals surface area contributed by atoms with E-state index < -0.39 is 5.91 Å². The number of aliphatic hydroxyl groups is 1. The lowest BCUT2D eigenvalue weighted by Crippen LogP contribution is -2.51. The highest BCUT2D eigenvalue weighted by Gasteiger charge is 2.47. The Morgan fingerprint density at radius 1 is 1.28 bits per heavy atom. The number of pyridine rings is 1. The van der Waals surface area contributed by atoms with Crippen molar-refractivity contribution in [1.82, 2.24) is 4.98 Å². The van der Waals surface area contributed by atoms with E-state index in [4.69, 9.17) is 5.73 Å². The van der Waals surface area contributed by atoms with Gasteiger partial charge >= 0.3 is 0 Å². The Morgan fingerprint density at radius 3 is 2.66 bits per heavy atom. The van der Waals surface area contributed by atoms with Crippen LogP contribution in [0.15, 0.2) is 36.4 Å². The lowest BCUT2D eigenvalue weighted by atomic mass is 9.79. The number of aromatic nitrogens is 1. The highest BCUT2D eigenvalue weighted by Crippen LogP contribution is 2.50. The molecule has 1 aromatic carbocycles. The van der Waals surface area contributed by atoms with E-state index in [-0.39, 0.29) is 30.5 Å². The number of hydrogen-bond acceptors (Lipinski definition) is 5. The predicted octanol–water partition coefficient (Wildman–Crippen LogP) is 2.61. The van der Waals surface area contributed by atoms with Crippen molar-refractivity contribution in [2.75, 3.05) is 10.2 Å². The molecule has 7 nitrogen and oxygen atoms in total. The Balaban J connectivity index is 1.82. The second-order valence-corrected chi connectivity index (χ2v) is 8.01. The monoisotopic (exact) mass is 394 g/mol. The molecule has 2 aliphatic rings. The number of anilines is 2. The Hall–Kier alpha value is -2.93. The van der Waals surface area contributed by atoms with Crippen molar-refractivity contribution in [2.45, 2.75) is 45.4 Å². The van der Waals surface area contributed by atoms with E-state index in [1.807, 2.05) is 23.1 Å². The van der Waals surface area contributed by atoms with Crippen LogP contribution in [0, 0.1) is 11.8 Å². The molecule has 2 heterocycles. The Morgan fingerprint density at radius 2 is 2.03 bits per heavy atom. The van der Waals surface area contributed by atoms with Gasteiger partial charge in [-0.25, -0.2) is 4.98 Å². The number of hydrogen-bond donors (Lipinski definition) is 3. The second-order valence-electron chi connectivity index (χ2n) is 8.01. The fourth-order valence-electron chi connectivity index (χ4n) is 4.53. The molecule has 4 N–H and O–H groups in total. The number of rotatable bonds is 5. The lowest BCUT2D eigenvalue weighted by Gasteiger charge is -2.46. The Bertz CT molecular complexity index is 957. The average molecular weight is 394 g/mol. The van der Waals surface area contributed by atoms with Gasteiger partial charge < -0.3 is 21.1 Å². The van der Waals surface area contributed by atoms with Crippen molar-refractivity contribution in [3.63, 3.8) is 0 Å². The average Bonchev–Trinajstić information content (AvgIpc) is 3.54. The van der Waals surface area contributed by atoms with Gasteiger partial charge in [-0.05, 0) is 54.7 Å². The SMILES string of the molecule is CC(=O)N1c2ccc(C(N)=O)cc2[C@H](Nc2cccc(CO)n2)[C@@H](C)[C@@H]1C1CC1. The van der Waals surface area contributed by atoms with Gasteiger partial charge in [0, 0.05) is 30.1 Å². The number of nitrogens with two attached hydrogens (primary N) is 1. The number of carbonyl (C=O) groups is 2. The maximum atomic E-state index is 12.6. The fraction of sp³-hybridized carbons (Fsp3) is 0.409. The first-order valence-corrected chi connectivity index (χ1v) is 9.97. The molecule has 1 aromatic heterocycles. The molecule has 2 aromatic rings. The third-order valence-corrected chi connectivity index (χ3v) is 5.99. The molecule has 0 spiro atoms. The van der Waals surface area contributed by atoms with Gasteiger partial charge in [-0.1, -0.05) is 13.0 Å². The second kappa shape index (κ2) is 7.48. The maximum Gasteiger partial charge on any atom is 0.248 e. The molecule has 7 heteroatoms. The van der Waals surface area contributed by atoms with Crippen molar-refractivity contribution in [3.8, 4) is 0 Å². The zero-order valence-electron chi connectivity index (χ0n) is 16.6. The van der Waals surface area contributed by atoms with Gasteiger partial charge in [0.15, 0.2) is 0 Å². The van der Waals surface area contributed by atoms with E-state index in [0.717, 1.165) is 24.1 Å². The van der Waals surface area contributed by atoms with Crippen LogP contribution in [0.2, 0.25) is 0 Å². The Labute approximate surface area is 169 Å². The third kappa shape index (κ3) is 3.58. The molecule has 1 aliphatic carbocycles. The van der Waals surface area contributed by atoms with Crippen molar-refractivity contribution in [3.05, 3.63) is 53.2 Å². The van der Waals surface area contributed by atoms with Crippen LogP contribution in [-0.2, 0) is 11.4 Å². The van der Waals surface area contributed by atoms with Gasteiger partial charge in [-0.3, -0.25) is 9.59 Å². The smallest absolute Gasteiger partial charge is 0.248 e. The van der Waals surface area contributed by atoms with Crippen molar-refractivity contribution in [1.29, 1.82) is 0 Å². The molecule has 152 valence electrons. The molecule has 3 atom stereocenters. The number of nitrogens with one attached hydrogen (secondary N) is 1. The van der Waals surface area contributed by atoms with Crippen LogP contribution in [0.4, 0.5) is 11.5 Å². The summed E-state index contributed by atoms with van der Waals surface area (Å²) in [5, 5.41) is 12.9. The number of aliphatic hydroxyl groups excluding tert-OH is 1. The summed E-state index contributed by atoms with van der Waals surface area (Å²) in [7, 11) is 0. The van der Waals surface area contributed by atoms with Gasteiger partial charge in [-0.15, -0.1) is 0 Å². The molecule has 29 heavy (non-hydrogen) atoms. The first-order chi connectivity index (χ1) is 13.9. The number of carbonyl (C=O) groups excluding carboxylic acids is 2. The standard InChI is InChI=1S/C22H26N4O3/c1-12-20(25-19-5-3-4-16(11-27)24-19)17-10-15(22(23)29)8-9-18(17)26(13(2)28)21(12)14-6-7-14/h3-5,8-10,12,14,20-21,27H,6-7,11H2,1-2H3,(H2,23,29)(H,24,25)/t12-,20-,21-/m1/s1. The van der Waals surface area contributed by atoms with Gasteiger partial charge in [0.2, 0.25) is 11.8 Å². The summed E-state index contributed by atoms with van der Waals surface area (Å²) in [5.74, 6) is 0.717. The summed E-state index contributed by atoms with van der Waals surface area (Å²) in [6, 6.07) is 10.7. The highest BCUT2D eigenvalue weighted by atomic mass is 16.3. The van der Waals surface area contributed by atoms with Crippen LogP contribution in [0.5, 0.6) is 0 Å². The van der Waals surface area contributed by atoms with Gasteiger partial charge in [0.05, 0.1) is 18.3 Å². The van der Waals surface area contributed by atoms with Crippen LogP contribution in [0.3, 0.4) is 0 Å². The number of nitrogens with zero attached hydrogens (tertiary/aromatic N) is 2.